The molecule has 0 saturated carbocycles. The molecule has 1 atom stereocenters. The van der Waals surface area contributed by atoms with Gasteiger partial charge in [-0.25, -0.2) is 0 Å². The highest BCUT2D eigenvalue weighted by Gasteiger charge is 2.44. The number of carboxylic acid groups (broad SMARTS) is 3. The highest BCUT2D eigenvalue weighted by atomic mass is 16.4. The molecule has 0 heterocycles. The fourth-order valence-corrected chi connectivity index (χ4v) is 1.17. The minimum atomic E-state index is -2.04. The van der Waals surface area contributed by atoms with Crippen LogP contribution in [0.3, 0.4) is 0 Å². The first-order valence-corrected chi connectivity index (χ1v) is 4.45. The molecule has 3 N–H and O–H groups in total. The predicted octanol–water partition coefficient (Wildman–Crippen LogP) is 0.663. The van der Waals surface area contributed by atoms with Gasteiger partial charge in [0.25, 0.3) is 0 Å². The van der Waals surface area contributed by atoms with Crippen LogP contribution in [0.1, 0.15) is 26.7 Å². The van der Waals surface area contributed by atoms with Gasteiger partial charge in [-0.1, -0.05) is 6.92 Å². The van der Waals surface area contributed by atoms with Crippen LogP contribution in [0.25, 0.3) is 0 Å². The van der Waals surface area contributed by atoms with Crippen LogP contribution in [0.15, 0.2) is 0 Å². The van der Waals surface area contributed by atoms with E-state index in [0.717, 1.165) is 6.92 Å². The first kappa shape index (κ1) is 13.4. The molecule has 0 spiro atoms. The Balaban J connectivity index is 4.91. The lowest BCUT2D eigenvalue weighted by Crippen LogP contribution is -2.39. The number of hydrogen-bond acceptors (Lipinski definition) is 3. The zero-order chi connectivity index (χ0) is 12.2. The second kappa shape index (κ2) is 4.77. The summed E-state index contributed by atoms with van der Waals surface area (Å²) in [5.41, 5.74) is -2.04. The standard InChI is InChI=1S/C9H14O6/c1-3-5(6(10)11)4-9(2,7(12)13)8(14)15/h5H,3-4H2,1-2H3,(H,10,11)(H,12,13)(H,14,15). The number of carbonyl (C=O) groups is 3. The smallest absolute Gasteiger partial charge is 0.320 e. The third-order valence-corrected chi connectivity index (χ3v) is 2.44. The monoisotopic (exact) mass is 218 g/mol. The molecule has 1 unspecified atom stereocenters. The van der Waals surface area contributed by atoms with E-state index < -0.39 is 35.7 Å². The predicted molar refractivity (Wildman–Crippen MR) is 49.4 cm³/mol. The van der Waals surface area contributed by atoms with Gasteiger partial charge >= 0.3 is 17.9 Å². The SMILES string of the molecule is CCC(CC(C)(C(=O)O)C(=O)O)C(=O)O. The van der Waals surface area contributed by atoms with Gasteiger partial charge in [-0.15, -0.1) is 0 Å². The van der Waals surface area contributed by atoms with Gasteiger partial charge in [0.1, 0.15) is 0 Å². The van der Waals surface area contributed by atoms with Crippen molar-refractivity contribution in [3.05, 3.63) is 0 Å². The molecule has 86 valence electrons. The van der Waals surface area contributed by atoms with Gasteiger partial charge in [-0.2, -0.15) is 0 Å². The van der Waals surface area contributed by atoms with Crippen molar-refractivity contribution in [2.45, 2.75) is 26.7 Å². The summed E-state index contributed by atoms with van der Waals surface area (Å²) >= 11 is 0. The van der Waals surface area contributed by atoms with Gasteiger partial charge < -0.3 is 15.3 Å². The molecule has 6 nitrogen and oxygen atoms in total. The van der Waals surface area contributed by atoms with Crippen molar-refractivity contribution >= 4 is 17.9 Å². The average molecular weight is 218 g/mol. The molecule has 0 aromatic carbocycles. The topological polar surface area (TPSA) is 112 Å². The summed E-state index contributed by atoms with van der Waals surface area (Å²) in [7, 11) is 0. The number of carboxylic acids is 3. The number of rotatable bonds is 6. The van der Waals surface area contributed by atoms with Crippen LogP contribution in [-0.2, 0) is 14.4 Å². The van der Waals surface area contributed by atoms with Gasteiger partial charge in [0.15, 0.2) is 5.41 Å². The zero-order valence-corrected chi connectivity index (χ0v) is 8.56. The Hall–Kier alpha value is -1.59. The maximum absolute atomic E-state index is 10.8. The van der Waals surface area contributed by atoms with Gasteiger partial charge in [-0.3, -0.25) is 14.4 Å². The Kier molecular flexibility index (Phi) is 4.26. The van der Waals surface area contributed by atoms with Crippen LogP contribution < -0.4 is 0 Å². The second-order valence-electron chi connectivity index (χ2n) is 3.59. The van der Waals surface area contributed by atoms with Gasteiger partial charge in [-0.05, 0) is 19.8 Å². The molecule has 0 rings (SSSR count). The Bertz CT molecular complexity index is 268. The molecule has 0 aliphatic rings. The molecule has 0 fully saturated rings. The second-order valence-corrected chi connectivity index (χ2v) is 3.59. The lowest BCUT2D eigenvalue weighted by atomic mass is 9.80. The van der Waals surface area contributed by atoms with E-state index in [1.807, 2.05) is 0 Å². The fourth-order valence-electron chi connectivity index (χ4n) is 1.17. The molecule has 0 aliphatic carbocycles. The van der Waals surface area contributed by atoms with Gasteiger partial charge in [0, 0.05) is 0 Å². The van der Waals surface area contributed by atoms with Crippen molar-refractivity contribution < 1.29 is 29.7 Å². The highest BCUT2D eigenvalue weighted by Crippen LogP contribution is 2.28. The zero-order valence-electron chi connectivity index (χ0n) is 8.56. The molecule has 0 aromatic rings. The summed E-state index contributed by atoms with van der Waals surface area (Å²) in [6.45, 7) is 2.59. The summed E-state index contributed by atoms with van der Waals surface area (Å²) in [6, 6.07) is 0. The first-order chi connectivity index (χ1) is 6.75. The highest BCUT2D eigenvalue weighted by molar-refractivity contribution is 5.98. The molecule has 6 heteroatoms. The van der Waals surface area contributed by atoms with E-state index in [1.165, 1.54) is 0 Å². The summed E-state index contributed by atoms with van der Waals surface area (Å²) in [4.78, 5) is 32.2. The maximum Gasteiger partial charge on any atom is 0.320 e. The molecule has 0 bridgehead atoms. The normalized spacial score (nSPS) is 13.2. The average Bonchev–Trinajstić information content (AvgIpc) is 2.12. The minimum absolute atomic E-state index is 0.200. The Morgan fingerprint density at radius 3 is 1.73 bits per heavy atom. The van der Waals surface area contributed by atoms with E-state index >= 15 is 0 Å². The van der Waals surface area contributed by atoms with Crippen LogP contribution >= 0.6 is 0 Å². The Morgan fingerprint density at radius 1 is 1.13 bits per heavy atom. The van der Waals surface area contributed by atoms with E-state index in [2.05, 4.69) is 0 Å². The number of hydrogen-bond donors (Lipinski definition) is 3. The van der Waals surface area contributed by atoms with Crippen LogP contribution in [0.4, 0.5) is 0 Å². The largest absolute Gasteiger partial charge is 0.481 e. The summed E-state index contributed by atoms with van der Waals surface area (Å²) < 4.78 is 0. The minimum Gasteiger partial charge on any atom is -0.481 e. The first-order valence-electron chi connectivity index (χ1n) is 4.45. The Morgan fingerprint density at radius 2 is 1.53 bits per heavy atom. The van der Waals surface area contributed by atoms with Crippen molar-refractivity contribution in [2.24, 2.45) is 11.3 Å². The molecule has 0 amide bonds. The van der Waals surface area contributed by atoms with E-state index in [1.54, 1.807) is 6.92 Å². The van der Waals surface area contributed by atoms with Crippen molar-refractivity contribution in [1.29, 1.82) is 0 Å². The lowest BCUT2D eigenvalue weighted by molar-refractivity contribution is -0.165. The van der Waals surface area contributed by atoms with Crippen LogP contribution in [0.2, 0.25) is 0 Å². The number of aliphatic carboxylic acids is 3. The molecule has 0 aromatic heterocycles. The van der Waals surface area contributed by atoms with Crippen LogP contribution in [-0.4, -0.2) is 33.2 Å². The third-order valence-electron chi connectivity index (χ3n) is 2.44. The molecule has 0 saturated heterocycles. The van der Waals surface area contributed by atoms with Crippen molar-refractivity contribution in [3.63, 3.8) is 0 Å². The molecular formula is C9H14O6. The van der Waals surface area contributed by atoms with Crippen LogP contribution in [0, 0.1) is 11.3 Å². The molecule has 0 radical (unpaired) electrons. The van der Waals surface area contributed by atoms with E-state index in [0.29, 0.717) is 0 Å². The van der Waals surface area contributed by atoms with E-state index in [9.17, 15) is 14.4 Å². The fraction of sp³-hybridized carbons (Fsp3) is 0.667. The Labute approximate surface area is 86.5 Å². The van der Waals surface area contributed by atoms with Gasteiger partial charge in [0.2, 0.25) is 0 Å². The van der Waals surface area contributed by atoms with E-state index in [4.69, 9.17) is 15.3 Å². The molecule has 0 aliphatic heterocycles. The van der Waals surface area contributed by atoms with Crippen molar-refractivity contribution in [3.8, 4) is 0 Å². The van der Waals surface area contributed by atoms with Crippen molar-refractivity contribution in [1.82, 2.24) is 0 Å². The van der Waals surface area contributed by atoms with Crippen LogP contribution in [0.5, 0.6) is 0 Å². The quantitative estimate of drug-likeness (QED) is 0.564. The van der Waals surface area contributed by atoms with E-state index in [-0.39, 0.29) is 6.42 Å². The van der Waals surface area contributed by atoms with Crippen molar-refractivity contribution in [2.75, 3.05) is 0 Å². The molecular weight excluding hydrogens is 204 g/mol. The summed E-state index contributed by atoms with van der Waals surface area (Å²) in [5, 5.41) is 26.2. The lowest BCUT2D eigenvalue weighted by Gasteiger charge is -2.22. The third kappa shape index (κ3) is 2.93. The molecule has 15 heavy (non-hydrogen) atoms. The van der Waals surface area contributed by atoms with Gasteiger partial charge in [0.05, 0.1) is 5.92 Å². The maximum atomic E-state index is 10.8. The summed E-state index contributed by atoms with van der Waals surface area (Å²) in [5.74, 6) is -5.17. The summed E-state index contributed by atoms with van der Waals surface area (Å²) in [6.07, 6.45) is -0.213.